The second kappa shape index (κ2) is 7.02. The Morgan fingerprint density at radius 2 is 2.07 bits per heavy atom. The highest BCUT2D eigenvalue weighted by Crippen LogP contribution is 2.19. The number of hydrogen-bond acceptors (Lipinski definition) is 2. The maximum absolute atomic E-state index is 6.06. The van der Waals surface area contributed by atoms with Crippen molar-refractivity contribution in [3.63, 3.8) is 0 Å². The summed E-state index contributed by atoms with van der Waals surface area (Å²) < 4.78 is 0. The van der Waals surface area contributed by atoms with Gasteiger partial charge in [-0.05, 0) is 28.8 Å². The van der Waals surface area contributed by atoms with Crippen LogP contribution in [-0.4, -0.2) is 0 Å². The number of rotatable bonds is 7. The molecule has 1 aromatic heterocycles. The first kappa shape index (κ1) is 11.7. The minimum absolute atomic E-state index is 0.267. The molecule has 1 heterocycles. The average Bonchev–Trinajstić information content (AvgIpc) is 2.70. The lowest BCUT2D eigenvalue weighted by Gasteiger charge is -2.09. The topological polar surface area (TPSA) is 26.0 Å². The molecule has 0 fully saturated rings. The van der Waals surface area contributed by atoms with Gasteiger partial charge in [-0.25, -0.2) is 0 Å². The van der Waals surface area contributed by atoms with Crippen molar-refractivity contribution >= 4 is 11.3 Å². The first-order chi connectivity index (χ1) is 6.84. The van der Waals surface area contributed by atoms with Gasteiger partial charge < -0.3 is 5.73 Å². The quantitative estimate of drug-likeness (QED) is 0.675. The van der Waals surface area contributed by atoms with E-state index < -0.39 is 0 Å². The highest BCUT2D eigenvalue weighted by atomic mass is 32.1. The predicted molar refractivity (Wildman–Crippen MR) is 64.6 cm³/mol. The Bertz CT molecular complexity index is 218. The van der Waals surface area contributed by atoms with Gasteiger partial charge in [-0.15, -0.1) is 0 Å². The molecule has 1 atom stereocenters. The molecular formula is C12H21NS. The molecule has 2 N–H and O–H groups in total. The van der Waals surface area contributed by atoms with Crippen LogP contribution < -0.4 is 5.73 Å². The molecule has 0 amide bonds. The van der Waals surface area contributed by atoms with Gasteiger partial charge in [0.2, 0.25) is 0 Å². The largest absolute Gasteiger partial charge is 0.324 e. The molecular weight excluding hydrogens is 190 g/mol. The number of nitrogens with two attached hydrogens (primary N) is 1. The zero-order chi connectivity index (χ0) is 10.2. The second-order valence-corrected chi connectivity index (χ2v) is 4.65. The van der Waals surface area contributed by atoms with Gasteiger partial charge in [-0.3, -0.25) is 0 Å². The molecule has 0 aliphatic carbocycles. The predicted octanol–water partition coefficient (Wildman–Crippen LogP) is 4.11. The van der Waals surface area contributed by atoms with Crippen LogP contribution in [0.2, 0.25) is 0 Å². The highest BCUT2D eigenvalue weighted by Gasteiger charge is 2.04. The molecule has 1 nitrogen and oxygen atoms in total. The maximum atomic E-state index is 6.06. The minimum atomic E-state index is 0.267. The van der Waals surface area contributed by atoms with Crippen molar-refractivity contribution in [2.24, 2.45) is 5.73 Å². The summed E-state index contributed by atoms with van der Waals surface area (Å²) in [5, 5.41) is 4.27. The van der Waals surface area contributed by atoms with Crippen LogP contribution in [0, 0.1) is 0 Å². The minimum Gasteiger partial charge on any atom is -0.324 e. The Labute approximate surface area is 91.3 Å². The summed E-state index contributed by atoms with van der Waals surface area (Å²) in [4.78, 5) is 0. The van der Waals surface area contributed by atoms with Crippen molar-refractivity contribution in [3.05, 3.63) is 22.4 Å². The first-order valence-electron chi connectivity index (χ1n) is 5.62. The van der Waals surface area contributed by atoms with Crippen LogP contribution in [0.5, 0.6) is 0 Å². The smallest absolute Gasteiger partial charge is 0.0303 e. The van der Waals surface area contributed by atoms with Crippen LogP contribution in [0.4, 0.5) is 0 Å². The molecule has 1 aromatic rings. The van der Waals surface area contributed by atoms with E-state index in [1.54, 1.807) is 11.3 Å². The van der Waals surface area contributed by atoms with E-state index in [0.29, 0.717) is 0 Å². The average molecular weight is 211 g/mol. The van der Waals surface area contributed by atoms with E-state index >= 15 is 0 Å². The normalized spacial score (nSPS) is 13.0. The van der Waals surface area contributed by atoms with Crippen LogP contribution in [0.3, 0.4) is 0 Å². The van der Waals surface area contributed by atoms with Gasteiger partial charge in [0.15, 0.2) is 0 Å². The summed E-state index contributed by atoms with van der Waals surface area (Å²) in [7, 11) is 0. The van der Waals surface area contributed by atoms with E-state index in [2.05, 4.69) is 23.8 Å². The summed E-state index contributed by atoms with van der Waals surface area (Å²) >= 11 is 1.74. The van der Waals surface area contributed by atoms with E-state index in [9.17, 15) is 0 Å². The Morgan fingerprint density at radius 3 is 2.71 bits per heavy atom. The monoisotopic (exact) mass is 211 g/mol. The summed E-state index contributed by atoms with van der Waals surface area (Å²) in [5.74, 6) is 0. The van der Waals surface area contributed by atoms with E-state index in [0.717, 1.165) is 6.42 Å². The molecule has 0 unspecified atom stereocenters. The van der Waals surface area contributed by atoms with Gasteiger partial charge in [0.1, 0.15) is 0 Å². The number of hydrogen-bond donors (Lipinski definition) is 1. The van der Waals surface area contributed by atoms with E-state index in [-0.39, 0.29) is 6.04 Å². The Kier molecular flexibility index (Phi) is 5.88. The number of thiophene rings is 1. The SMILES string of the molecule is CCCCCCC[C@H](N)c1ccsc1. The molecule has 0 aromatic carbocycles. The van der Waals surface area contributed by atoms with Crippen molar-refractivity contribution in [1.82, 2.24) is 0 Å². The van der Waals surface area contributed by atoms with Gasteiger partial charge >= 0.3 is 0 Å². The lowest BCUT2D eigenvalue weighted by atomic mass is 10.0. The molecule has 0 radical (unpaired) electrons. The highest BCUT2D eigenvalue weighted by molar-refractivity contribution is 7.07. The van der Waals surface area contributed by atoms with Gasteiger partial charge in [-0.1, -0.05) is 39.0 Å². The first-order valence-corrected chi connectivity index (χ1v) is 6.56. The Hall–Kier alpha value is -0.340. The summed E-state index contributed by atoms with van der Waals surface area (Å²) in [6, 6.07) is 2.41. The molecule has 0 spiro atoms. The van der Waals surface area contributed by atoms with E-state index in [1.807, 2.05) is 0 Å². The lowest BCUT2D eigenvalue weighted by molar-refractivity contribution is 0.556. The Morgan fingerprint density at radius 1 is 1.29 bits per heavy atom. The number of unbranched alkanes of at least 4 members (excludes halogenated alkanes) is 4. The molecule has 0 saturated carbocycles. The maximum Gasteiger partial charge on any atom is 0.0303 e. The van der Waals surface area contributed by atoms with Gasteiger partial charge in [0.25, 0.3) is 0 Å². The summed E-state index contributed by atoms with van der Waals surface area (Å²) in [6.07, 6.45) is 7.81. The molecule has 0 aliphatic heterocycles. The zero-order valence-corrected chi connectivity index (χ0v) is 9.85. The van der Waals surface area contributed by atoms with Gasteiger partial charge in [-0.2, -0.15) is 11.3 Å². The fourth-order valence-corrected chi connectivity index (χ4v) is 2.35. The van der Waals surface area contributed by atoms with Crippen LogP contribution in [0.15, 0.2) is 16.8 Å². The lowest BCUT2D eigenvalue weighted by Crippen LogP contribution is -2.08. The van der Waals surface area contributed by atoms with E-state index in [4.69, 9.17) is 5.73 Å². The fourth-order valence-electron chi connectivity index (χ4n) is 1.62. The van der Waals surface area contributed by atoms with Crippen molar-refractivity contribution in [2.75, 3.05) is 0 Å². The van der Waals surface area contributed by atoms with Crippen LogP contribution in [-0.2, 0) is 0 Å². The Balaban J connectivity index is 2.07. The van der Waals surface area contributed by atoms with Crippen LogP contribution in [0.1, 0.15) is 57.1 Å². The van der Waals surface area contributed by atoms with Crippen LogP contribution >= 0.6 is 11.3 Å². The van der Waals surface area contributed by atoms with E-state index in [1.165, 1.54) is 37.7 Å². The van der Waals surface area contributed by atoms with Gasteiger partial charge in [0, 0.05) is 6.04 Å². The summed E-state index contributed by atoms with van der Waals surface area (Å²) in [5.41, 5.74) is 7.37. The second-order valence-electron chi connectivity index (χ2n) is 3.87. The van der Waals surface area contributed by atoms with Gasteiger partial charge in [0.05, 0.1) is 0 Å². The van der Waals surface area contributed by atoms with Crippen LogP contribution in [0.25, 0.3) is 0 Å². The molecule has 14 heavy (non-hydrogen) atoms. The third-order valence-corrected chi connectivity index (χ3v) is 3.29. The molecule has 0 saturated heterocycles. The molecule has 80 valence electrons. The summed E-state index contributed by atoms with van der Waals surface area (Å²) in [6.45, 7) is 2.25. The van der Waals surface area contributed by atoms with Crippen molar-refractivity contribution in [3.8, 4) is 0 Å². The molecule has 0 aliphatic rings. The van der Waals surface area contributed by atoms with Crippen molar-refractivity contribution in [2.45, 2.75) is 51.5 Å². The third kappa shape index (κ3) is 4.25. The fraction of sp³-hybridized carbons (Fsp3) is 0.667. The van der Waals surface area contributed by atoms with Crippen molar-refractivity contribution in [1.29, 1.82) is 0 Å². The molecule has 2 heteroatoms. The molecule has 0 bridgehead atoms. The molecule has 1 rings (SSSR count). The van der Waals surface area contributed by atoms with Crippen molar-refractivity contribution < 1.29 is 0 Å². The third-order valence-electron chi connectivity index (χ3n) is 2.59. The standard InChI is InChI=1S/C12H21NS/c1-2-3-4-5-6-7-12(13)11-8-9-14-10-11/h8-10,12H,2-7,13H2,1H3/t12-/m0/s1. The zero-order valence-electron chi connectivity index (χ0n) is 9.04.